The summed E-state index contributed by atoms with van der Waals surface area (Å²) >= 11 is 5.31. The van der Waals surface area contributed by atoms with Crippen LogP contribution in [0.4, 0.5) is 0 Å². The molecule has 3 rings (SSSR count). The third-order valence-corrected chi connectivity index (χ3v) is 5.69. The number of H-pyrrole nitrogens is 1. The fourth-order valence-corrected chi connectivity index (χ4v) is 3.72. The highest BCUT2D eigenvalue weighted by molar-refractivity contribution is 7.88. The van der Waals surface area contributed by atoms with Crippen LogP contribution in [0.3, 0.4) is 0 Å². The summed E-state index contributed by atoms with van der Waals surface area (Å²) < 4.78 is 26.9. The fraction of sp³-hybridized carbons (Fsp3) is 0.375. The molecule has 0 unspecified atom stereocenters. The van der Waals surface area contributed by atoms with Crippen LogP contribution in [0.15, 0.2) is 30.3 Å². The summed E-state index contributed by atoms with van der Waals surface area (Å²) in [5.74, 6) is 0.698. The molecule has 1 aromatic carbocycles. The van der Waals surface area contributed by atoms with Crippen LogP contribution in [0.5, 0.6) is 0 Å². The zero-order chi connectivity index (χ0) is 17.9. The molecule has 0 atom stereocenters. The molecule has 1 aromatic heterocycles. The Morgan fingerprint density at radius 2 is 1.84 bits per heavy atom. The number of aromatic amines is 1. The normalized spacial score (nSPS) is 17.3. The molecule has 1 aliphatic heterocycles. The Balaban J connectivity index is 1.62. The van der Waals surface area contributed by atoms with Gasteiger partial charge in [-0.1, -0.05) is 36.4 Å². The molecule has 0 saturated carbocycles. The Morgan fingerprint density at radius 1 is 1.16 bits per heavy atom. The van der Waals surface area contributed by atoms with Gasteiger partial charge in [0.2, 0.25) is 14.8 Å². The van der Waals surface area contributed by atoms with Crippen LogP contribution < -0.4 is 0 Å². The van der Waals surface area contributed by atoms with Crippen molar-refractivity contribution >= 4 is 34.4 Å². The topological polar surface area (TPSA) is 74.2 Å². The lowest BCUT2D eigenvalue weighted by molar-refractivity contribution is 0.145. The lowest BCUT2D eigenvalue weighted by Crippen LogP contribution is -2.48. The van der Waals surface area contributed by atoms with E-state index in [-0.39, 0.29) is 0 Å². The molecule has 7 nitrogen and oxygen atoms in total. The summed E-state index contributed by atoms with van der Waals surface area (Å²) in [6, 6.07) is 9.98. The summed E-state index contributed by atoms with van der Waals surface area (Å²) in [6.45, 7) is 2.91. The smallest absolute Gasteiger partial charge is 0.217 e. The van der Waals surface area contributed by atoms with Crippen LogP contribution in [0.2, 0.25) is 0 Å². The minimum atomic E-state index is -3.11. The number of rotatable bonds is 5. The molecule has 0 radical (unpaired) electrons. The average molecular weight is 380 g/mol. The molecule has 1 N–H and O–H groups in total. The van der Waals surface area contributed by atoms with Crippen molar-refractivity contribution in [2.75, 3.05) is 32.4 Å². The van der Waals surface area contributed by atoms with Gasteiger partial charge in [0.1, 0.15) is 5.82 Å². The van der Waals surface area contributed by atoms with Crippen LogP contribution in [-0.2, 0) is 16.7 Å². The van der Waals surface area contributed by atoms with E-state index < -0.39 is 10.0 Å². The Morgan fingerprint density at radius 3 is 2.48 bits per heavy atom. The standard InChI is InChI=1S/C16H21N5O2S2/c1-25(22,23)20-11-9-19(10-12-20)13-21-16(24)17-15(18-21)8-7-14-5-3-2-4-6-14/h2-8H,9-13H2,1H3,(H,17,18,24)/b8-7+. The van der Waals surface area contributed by atoms with Crippen molar-refractivity contribution in [1.29, 1.82) is 0 Å². The van der Waals surface area contributed by atoms with E-state index in [9.17, 15) is 8.42 Å². The maximum atomic E-state index is 11.6. The van der Waals surface area contributed by atoms with Crippen molar-refractivity contribution < 1.29 is 8.42 Å². The lowest BCUT2D eigenvalue weighted by atomic mass is 10.2. The first-order valence-corrected chi connectivity index (χ1v) is 10.2. The van der Waals surface area contributed by atoms with E-state index in [2.05, 4.69) is 15.0 Å². The number of sulfonamides is 1. The van der Waals surface area contributed by atoms with Gasteiger partial charge in [-0.05, 0) is 23.9 Å². The van der Waals surface area contributed by atoms with Gasteiger partial charge in [-0.2, -0.15) is 9.29 Å². The Bertz CT molecular complexity index is 894. The van der Waals surface area contributed by atoms with Crippen molar-refractivity contribution in [3.63, 3.8) is 0 Å². The molecule has 1 saturated heterocycles. The zero-order valence-electron chi connectivity index (χ0n) is 14.0. The van der Waals surface area contributed by atoms with Gasteiger partial charge >= 0.3 is 0 Å². The quantitative estimate of drug-likeness (QED) is 0.800. The third kappa shape index (κ3) is 4.85. The maximum absolute atomic E-state index is 11.6. The minimum absolute atomic E-state index is 0.484. The van der Waals surface area contributed by atoms with Gasteiger partial charge in [0.05, 0.1) is 12.9 Å². The second-order valence-electron chi connectivity index (χ2n) is 5.98. The molecule has 0 aliphatic carbocycles. The van der Waals surface area contributed by atoms with Gasteiger partial charge in [-0.3, -0.25) is 10.00 Å². The summed E-state index contributed by atoms with van der Waals surface area (Å²) in [4.78, 5) is 6.50. The van der Waals surface area contributed by atoms with E-state index in [4.69, 9.17) is 12.2 Å². The molecule has 134 valence electrons. The molecule has 0 spiro atoms. The number of hydrogen-bond acceptors (Lipinski definition) is 5. The lowest BCUT2D eigenvalue weighted by Gasteiger charge is -2.32. The fourth-order valence-electron chi connectivity index (χ4n) is 2.69. The van der Waals surface area contributed by atoms with E-state index in [0.717, 1.165) is 5.56 Å². The van der Waals surface area contributed by atoms with Crippen molar-refractivity contribution in [3.8, 4) is 0 Å². The highest BCUT2D eigenvalue weighted by Gasteiger charge is 2.23. The Hall–Kier alpha value is -1.81. The number of benzene rings is 1. The number of nitrogens with zero attached hydrogens (tertiary/aromatic N) is 4. The van der Waals surface area contributed by atoms with Gasteiger partial charge in [0.25, 0.3) is 0 Å². The van der Waals surface area contributed by atoms with Crippen LogP contribution in [0.25, 0.3) is 12.2 Å². The largest absolute Gasteiger partial charge is 0.282 e. The number of piperazine rings is 1. The predicted octanol–water partition coefficient (Wildman–Crippen LogP) is 1.65. The van der Waals surface area contributed by atoms with E-state index in [1.807, 2.05) is 42.5 Å². The SMILES string of the molecule is CS(=O)(=O)N1CCN(Cn2[nH]c(/C=C/c3ccccc3)nc2=S)CC1. The molecular weight excluding hydrogens is 358 g/mol. The van der Waals surface area contributed by atoms with Crippen LogP contribution in [-0.4, -0.2) is 64.8 Å². The maximum Gasteiger partial charge on any atom is 0.217 e. The highest BCUT2D eigenvalue weighted by Crippen LogP contribution is 2.08. The molecule has 0 amide bonds. The minimum Gasteiger partial charge on any atom is -0.282 e. The van der Waals surface area contributed by atoms with Gasteiger partial charge in [0, 0.05) is 26.2 Å². The van der Waals surface area contributed by atoms with E-state index in [1.54, 1.807) is 4.68 Å². The first-order chi connectivity index (χ1) is 11.9. The zero-order valence-corrected chi connectivity index (χ0v) is 15.6. The summed E-state index contributed by atoms with van der Waals surface area (Å²) in [5, 5.41) is 3.18. The van der Waals surface area contributed by atoms with Gasteiger partial charge in [-0.25, -0.2) is 13.1 Å². The third-order valence-electron chi connectivity index (χ3n) is 4.07. The average Bonchev–Trinajstić information content (AvgIpc) is 2.93. The van der Waals surface area contributed by atoms with E-state index in [1.165, 1.54) is 10.6 Å². The highest BCUT2D eigenvalue weighted by atomic mass is 32.2. The number of nitrogens with one attached hydrogen (secondary N) is 1. The predicted molar refractivity (Wildman–Crippen MR) is 101 cm³/mol. The molecular formula is C16H21N5O2S2. The van der Waals surface area contributed by atoms with Crippen LogP contribution in [0, 0.1) is 4.77 Å². The first-order valence-electron chi connectivity index (χ1n) is 7.99. The molecule has 0 bridgehead atoms. The van der Waals surface area contributed by atoms with Crippen LogP contribution in [0.1, 0.15) is 11.4 Å². The van der Waals surface area contributed by atoms with E-state index in [0.29, 0.717) is 43.4 Å². The van der Waals surface area contributed by atoms with Gasteiger partial charge < -0.3 is 0 Å². The summed E-state index contributed by atoms with van der Waals surface area (Å²) in [7, 11) is -3.11. The molecule has 9 heteroatoms. The molecule has 2 heterocycles. The summed E-state index contributed by atoms with van der Waals surface area (Å²) in [5.41, 5.74) is 1.09. The summed E-state index contributed by atoms with van der Waals surface area (Å²) in [6.07, 6.45) is 5.12. The molecule has 1 aliphatic rings. The Kier molecular flexibility index (Phi) is 5.48. The van der Waals surface area contributed by atoms with Crippen LogP contribution >= 0.6 is 12.2 Å². The number of hydrogen-bond donors (Lipinski definition) is 1. The van der Waals surface area contributed by atoms with E-state index >= 15 is 0 Å². The number of aromatic nitrogens is 3. The van der Waals surface area contributed by atoms with Crippen molar-refractivity contribution in [2.45, 2.75) is 6.67 Å². The van der Waals surface area contributed by atoms with Crippen molar-refractivity contribution in [1.82, 2.24) is 24.0 Å². The molecule has 1 fully saturated rings. The van der Waals surface area contributed by atoms with Gasteiger partial charge in [0.15, 0.2) is 0 Å². The monoisotopic (exact) mass is 379 g/mol. The van der Waals surface area contributed by atoms with Crippen molar-refractivity contribution in [2.24, 2.45) is 0 Å². The Labute approximate surface area is 152 Å². The first kappa shape index (κ1) is 18.0. The molecule has 25 heavy (non-hydrogen) atoms. The van der Waals surface area contributed by atoms with Gasteiger partial charge in [-0.15, -0.1) is 0 Å². The second-order valence-corrected chi connectivity index (χ2v) is 8.33. The second kappa shape index (κ2) is 7.61. The molecule has 2 aromatic rings. The van der Waals surface area contributed by atoms with Crippen molar-refractivity contribution in [3.05, 3.63) is 46.5 Å².